The van der Waals surface area contributed by atoms with E-state index in [1.807, 2.05) is 0 Å². The van der Waals surface area contributed by atoms with Crippen molar-refractivity contribution in [2.75, 3.05) is 5.75 Å². The molecule has 0 aliphatic heterocycles. The van der Waals surface area contributed by atoms with Crippen LogP contribution < -0.4 is 5.32 Å². The predicted octanol–water partition coefficient (Wildman–Crippen LogP) is -0.966. The lowest BCUT2D eigenvalue weighted by Crippen LogP contribution is -2.42. The molecule has 0 fully saturated rings. The minimum absolute atomic E-state index is 0.0192. The molecule has 0 aliphatic carbocycles. The van der Waals surface area contributed by atoms with Crippen LogP contribution in [0.25, 0.3) is 0 Å². The fourth-order valence-corrected chi connectivity index (χ4v) is 1.13. The minimum Gasteiger partial charge on any atom is -0.475 e. The van der Waals surface area contributed by atoms with Crippen LogP contribution in [0.4, 0.5) is 0 Å². The van der Waals surface area contributed by atoms with Crippen LogP contribution in [0.2, 0.25) is 0 Å². The van der Waals surface area contributed by atoms with Gasteiger partial charge >= 0.3 is 5.97 Å². The molecule has 0 aliphatic rings. The van der Waals surface area contributed by atoms with Gasteiger partial charge in [0, 0.05) is 12.7 Å². The summed E-state index contributed by atoms with van der Waals surface area (Å²) in [6.45, 7) is 1.21. The molecule has 0 aromatic carbocycles. The fourth-order valence-electron chi connectivity index (χ4n) is 0.830. The van der Waals surface area contributed by atoms with Crippen LogP contribution in [-0.4, -0.2) is 40.3 Å². The van der Waals surface area contributed by atoms with Crippen LogP contribution in [0.1, 0.15) is 13.3 Å². The molecule has 0 aromatic heterocycles. The Balaban J connectivity index is 4.34. The van der Waals surface area contributed by atoms with Crippen molar-refractivity contribution in [1.29, 1.82) is 0 Å². The summed E-state index contributed by atoms with van der Waals surface area (Å²) in [5, 5.41) is 10.5. The van der Waals surface area contributed by atoms with E-state index in [9.17, 15) is 19.2 Å². The fraction of sp³-hybridized carbons (Fsp3) is 0.500. The van der Waals surface area contributed by atoms with E-state index in [-0.39, 0.29) is 5.75 Å². The van der Waals surface area contributed by atoms with Gasteiger partial charge in [-0.05, 0) is 0 Å². The molecule has 0 saturated carbocycles. The van der Waals surface area contributed by atoms with E-state index in [0.717, 1.165) is 0 Å². The Bertz CT molecular complexity index is 301. The normalized spacial score (nSPS) is 11.6. The number of carboxylic acids is 1. The number of carbonyl (C=O) groups is 4. The number of ketones is 2. The first-order valence-corrected chi connectivity index (χ1v) is 4.68. The number of thiol groups is 1. The molecule has 0 saturated heterocycles. The van der Waals surface area contributed by atoms with Crippen LogP contribution in [-0.2, 0) is 19.2 Å². The highest BCUT2D eigenvalue weighted by molar-refractivity contribution is 7.80. The van der Waals surface area contributed by atoms with Crippen LogP contribution in [0.15, 0.2) is 0 Å². The van der Waals surface area contributed by atoms with Gasteiger partial charge in [-0.15, -0.1) is 0 Å². The number of amides is 1. The van der Waals surface area contributed by atoms with Gasteiger partial charge in [0.05, 0.1) is 12.5 Å². The molecule has 0 bridgehead atoms. The largest absolute Gasteiger partial charge is 0.475 e. The Labute approximate surface area is 91.4 Å². The first-order chi connectivity index (χ1) is 6.88. The zero-order valence-electron chi connectivity index (χ0n) is 8.02. The third kappa shape index (κ3) is 5.16. The summed E-state index contributed by atoms with van der Waals surface area (Å²) in [5.74, 6) is -3.94. The zero-order chi connectivity index (χ0) is 12.0. The summed E-state index contributed by atoms with van der Waals surface area (Å²) in [6, 6.07) is -0.922. The molecule has 0 aromatic rings. The second-order valence-corrected chi connectivity index (χ2v) is 3.17. The Morgan fingerprint density at radius 2 is 1.87 bits per heavy atom. The maximum absolute atomic E-state index is 11.3. The van der Waals surface area contributed by atoms with Crippen molar-refractivity contribution >= 4 is 36.1 Å². The third-order valence-corrected chi connectivity index (χ3v) is 1.89. The molecule has 84 valence electrons. The molecule has 6 nitrogen and oxygen atoms in total. The van der Waals surface area contributed by atoms with Crippen molar-refractivity contribution in [3.05, 3.63) is 0 Å². The lowest BCUT2D eigenvalue weighted by molar-refractivity contribution is -0.150. The predicted molar refractivity (Wildman–Crippen MR) is 53.7 cm³/mol. The summed E-state index contributed by atoms with van der Waals surface area (Å²) < 4.78 is 0. The van der Waals surface area contributed by atoms with Gasteiger partial charge in [-0.3, -0.25) is 14.4 Å². The number of aliphatic carboxylic acids is 1. The lowest BCUT2D eigenvalue weighted by atomic mass is 10.1. The van der Waals surface area contributed by atoms with Crippen LogP contribution in [0.3, 0.4) is 0 Å². The first kappa shape index (κ1) is 13.6. The maximum atomic E-state index is 11.3. The van der Waals surface area contributed by atoms with Crippen LogP contribution >= 0.6 is 12.6 Å². The topological polar surface area (TPSA) is 101 Å². The number of carboxylic acid groups (broad SMARTS) is 1. The minimum atomic E-state index is -1.66. The molecule has 1 atom stereocenters. The second-order valence-electron chi connectivity index (χ2n) is 2.81. The van der Waals surface area contributed by atoms with E-state index in [2.05, 4.69) is 17.9 Å². The maximum Gasteiger partial charge on any atom is 0.372 e. The molecule has 7 heteroatoms. The summed E-state index contributed by atoms with van der Waals surface area (Å²) in [7, 11) is 0. The number of rotatable bonds is 6. The van der Waals surface area contributed by atoms with Gasteiger partial charge < -0.3 is 10.4 Å². The van der Waals surface area contributed by atoms with Crippen molar-refractivity contribution in [3.8, 4) is 0 Å². The van der Waals surface area contributed by atoms with E-state index in [4.69, 9.17) is 5.11 Å². The lowest BCUT2D eigenvalue weighted by Gasteiger charge is -2.12. The van der Waals surface area contributed by atoms with Gasteiger partial charge in [0.25, 0.3) is 0 Å². The molecule has 2 N–H and O–H groups in total. The molecule has 0 radical (unpaired) electrons. The summed E-state index contributed by atoms with van der Waals surface area (Å²) in [4.78, 5) is 42.8. The quantitative estimate of drug-likeness (QED) is 0.311. The number of nitrogens with one attached hydrogen (secondary N) is 1. The zero-order valence-corrected chi connectivity index (χ0v) is 8.91. The van der Waals surface area contributed by atoms with E-state index in [0.29, 0.717) is 0 Å². The van der Waals surface area contributed by atoms with E-state index in [1.165, 1.54) is 6.92 Å². The van der Waals surface area contributed by atoms with E-state index >= 15 is 0 Å². The number of hydrogen-bond acceptors (Lipinski definition) is 5. The van der Waals surface area contributed by atoms with Gasteiger partial charge in [0.1, 0.15) is 0 Å². The number of Topliss-reactive ketones (excluding diaryl/α,β-unsaturated/α-hetero) is 2. The Morgan fingerprint density at radius 3 is 2.20 bits per heavy atom. The smallest absolute Gasteiger partial charge is 0.372 e. The van der Waals surface area contributed by atoms with Crippen molar-refractivity contribution in [2.24, 2.45) is 0 Å². The highest BCUT2D eigenvalue weighted by Crippen LogP contribution is 1.96. The third-order valence-electron chi connectivity index (χ3n) is 1.52. The van der Waals surface area contributed by atoms with E-state index < -0.39 is 35.9 Å². The van der Waals surface area contributed by atoms with Crippen molar-refractivity contribution in [1.82, 2.24) is 5.32 Å². The molecule has 0 heterocycles. The summed E-state index contributed by atoms with van der Waals surface area (Å²) >= 11 is 3.81. The Morgan fingerprint density at radius 1 is 1.33 bits per heavy atom. The monoisotopic (exact) mass is 233 g/mol. The molecule has 0 rings (SSSR count). The van der Waals surface area contributed by atoms with Crippen LogP contribution in [0.5, 0.6) is 0 Å². The van der Waals surface area contributed by atoms with Gasteiger partial charge in [-0.1, -0.05) is 0 Å². The Kier molecular flexibility index (Phi) is 5.61. The second kappa shape index (κ2) is 6.18. The average molecular weight is 233 g/mol. The van der Waals surface area contributed by atoms with Gasteiger partial charge in [0.2, 0.25) is 11.7 Å². The summed E-state index contributed by atoms with van der Waals surface area (Å²) in [5.41, 5.74) is 0. The van der Waals surface area contributed by atoms with Gasteiger partial charge in [-0.2, -0.15) is 12.6 Å². The highest BCUT2D eigenvalue weighted by Gasteiger charge is 2.23. The molecular formula is C8H11NO5S. The molecule has 1 unspecified atom stereocenters. The SMILES string of the molecule is CC(=O)NC(CS)C(=O)CC(=O)C(=O)O. The van der Waals surface area contributed by atoms with Crippen molar-refractivity contribution < 1.29 is 24.3 Å². The molecule has 15 heavy (non-hydrogen) atoms. The van der Waals surface area contributed by atoms with Gasteiger partial charge in [0.15, 0.2) is 5.78 Å². The highest BCUT2D eigenvalue weighted by atomic mass is 32.1. The first-order valence-electron chi connectivity index (χ1n) is 4.05. The van der Waals surface area contributed by atoms with Crippen molar-refractivity contribution in [2.45, 2.75) is 19.4 Å². The molecule has 1 amide bonds. The molecular weight excluding hydrogens is 222 g/mol. The Hall–Kier alpha value is -1.37. The summed E-state index contributed by atoms with van der Waals surface area (Å²) in [6.07, 6.45) is -0.735. The number of carbonyl (C=O) groups excluding carboxylic acids is 3. The molecule has 0 spiro atoms. The standard InChI is InChI=1S/C8H11NO5S/c1-4(10)9-5(3-15)6(11)2-7(12)8(13)14/h5,15H,2-3H2,1H3,(H,9,10)(H,13,14). The number of hydrogen-bond donors (Lipinski definition) is 3. The average Bonchev–Trinajstić information content (AvgIpc) is 2.13. The van der Waals surface area contributed by atoms with Crippen LogP contribution in [0, 0.1) is 0 Å². The van der Waals surface area contributed by atoms with E-state index in [1.54, 1.807) is 0 Å². The van der Waals surface area contributed by atoms with Crippen molar-refractivity contribution in [3.63, 3.8) is 0 Å². The van der Waals surface area contributed by atoms with Gasteiger partial charge in [-0.25, -0.2) is 4.79 Å².